The number of amides is 1. The smallest absolute Gasteiger partial charge is 0.322 e. The van der Waals surface area contributed by atoms with Gasteiger partial charge in [-0.25, -0.2) is 4.98 Å². The van der Waals surface area contributed by atoms with Crippen LogP contribution in [-0.4, -0.2) is 10.9 Å². The number of anilines is 1. The Morgan fingerprint density at radius 2 is 1.95 bits per heavy atom. The van der Waals surface area contributed by atoms with E-state index in [2.05, 4.69) is 26.2 Å². The van der Waals surface area contributed by atoms with E-state index in [1.807, 2.05) is 0 Å². The van der Waals surface area contributed by atoms with E-state index in [0.29, 0.717) is 15.7 Å². The summed E-state index contributed by atoms with van der Waals surface area (Å²) in [6.07, 6.45) is -3.02. The van der Waals surface area contributed by atoms with Gasteiger partial charge in [0.25, 0.3) is 5.91 Å². The van der Waals surface area contributed by atoms with E-state index < -0.39 is 17.6 Å². The number of alkyl halides is 3. The minimum atomic E-state index is -4.45. The van der Waals surface area contributed by atoms with Gasteiger partial charge in [0, 0.05) is 17.4 Å². The number of hydrogen-bond acceptors (Lipinski definition) is 2. The molecule has 0 saturated carbocycles. The summed E-state index contributed by atoms with van der Waals surface area (Å²) >= 11 is 3.13. The first-order valence-corrected chi connectivity index (χ1v) is 6.67. The van der Waals surface area contributed by atoms with Crippen LogP contribution in [0.4, 0.5) is 18.9 Å². The monoisotopic (exact) mass is 358 g/mol. The summed E-state index contributed by atoms with van der Waals surface area (Å²) in [6.45, 7) is 1.62. The highest BCUT2D eigenvalue weighted by atomic mass is 79.9. The fraction of sp³-hybridized carbons (Fsp3) is 0.143. The lowest BCUT2D eigenvalue weighted by atomic mass is 10.1. The quantitative estimate of drug-likeness (QED) is 0.807. The first kappa shape index (κ1) is 15.5. The van der Waals surface area contributed by atoms with Crippen LogP contribution in [0.1, 0.15) is 21.5 Å². The first-order valence-electron chi connectivity index (χ1n) is 5.88. The second-order valence-electron chi connectivity index (χ2n) is 4.35. The Balaban J connectivity index is 2.29. The van der Waals surface area contributed by atoms with Crippen LogP contribution in [0.5, 0.6) is 0 Å². The number of halogens is 4. The maximum Gasteiger partial charge on any atom is 0.416 e. The average Bonchev–Trinajstić information content (AvgIpc) is 2.40. The number of nitrogens with one attached hydrogen (secondary N) is 1. The number of pyridine rings is 1. The normalized spacial score (nSPS) is 11.3. The van der Waals surface area contributed by atoms with Crippen molar-refractivity contribution in [2.24, 2.45) is 0 Å². The van der Waals surface area contributed by atoms with Crippen molar-refractivity contribution in [2.45, 2.75) is 13.1 Å². The molecule has 2 aromatic rings. The summed E-state index contributed by atoms with van der Waals surface area (Å²) in [7, 11) is 0. The molecule has 0 aliphatic rings. The summed E-state index contributed by atoms with van der Waals surface area (Å²) in [5, 5.41) is 2.48. The lowest BCUT2D eigenvalue weighted by Gasteiger charge is -2.12. The van der Waals surface area contributed by atoms with Crippen molar-refractivity contribution in [3.63, 3.8) is 0 Å². The van der Waals surface area contributed by atoms with Gasteiger partial charge < -0.3 is 5.32 Å². The van der Waals surface area contributed by atoms with E-state index in [0.717, 1.165) is 12.1 Å². The molecule has 0 spiro atoms. The van der Waals surface area contributed by atoms with Crippen molar-refractivity contribution < 1.29 is 18.0 Å². The second-order valence-corrected chi connectivity index (χ2v) is 5.16. The van der Waals surface area contributed by atoms with Gasteiger partial charge in [-0.2, -0.15) is 13.2 Å². The molecule has 1 aromatic heterocycles. The number of benzene rings is 1. The largest absolute Gasteiger partial charge is 0.416 e. The van der Waals surface area contributed by atoms with Crippen LogP contribution in [0.25, 0.3) is 0 Å². The van der Waals surface area contributed by atoms with Crippen LogP contribution in [0.2, 0.25) is 0 Å². The predicted molar refractivity (Wildman–Crippen MR) is 76.1 cm³/mol. The van der Waals surface area contributed by atoms with Crippen LogP contribution in [0.15, 0.2) is 41.1 Å². The molecule has 0 atom stereocenters. The number of carbonyl (C=O) groups is 1. The highest BCUT2D eigenvalue weighted by molar-refractivity contribution is 9.10. The molecule has 2 rings (SSSR count). The van der Waals surface area contributed by atoms with Gasteiger partial charge in [-0.15, -0.1) is 0 Å². The Morgan fingerprint density at radius 3 is 2.57 bits per heavy atom. The van der Waals surface area contributed by atoms with Gasteiger partial charge in [0.15, 0.2) is 0 Å². The minimum Gasteiger partial charge on any atom is -0.322 e. The van der Waals surface area contributed by atoms with Crippen molar-refractivity contribution in [2.75, 3.05) is 5.32 Å². The Bertz CT molecular complexity index is 686. The molecule has 3 nitrogen and oxygen atoms in total. The molecular weight excluding hydrogens is 349 g/mol. The zero-order valence-electron chi connectivity index (χ0n) is 10.8. The maximum absolute atomic E-state index is 12.7. The van der Waals surface area contributed by atoms with Gasteiger partial charge in [0.05, 0.1) is 5.56 Å². The third kappa shape index (κ3) is 3.81. The number of nitrogens with zero attached hydrogens (tertiary/aromatic N) is 1. The summed E-state index contributed by atoms with van der Waals surface area (Å²) < 4.78 is 38.5. The average molecular weight is 359 g/mol. The molecule has 0 bridgehead atoms. The van der Waals surface area contributed by atoms with Gasteiger partial charge >= 0.3 is 6.18 Å². The maximum atomic E-state index is 12.7. The van der Waals surface area contributed by atoms with Crippen molar-refractivity contribution in [3.8, 4) is 0 Å². The second kappa shape index (κ2) is 5.85. The molecular formula is C14H10BrF3N2O. The molecule has 1 heterocycles. The Labute approximate surface area is 127 Å². The molecule has 0 unspecified atom stereocenters. The lowest BCUT2D eigenvalue weighted by Crippen LogP contribution is -2.14. The third-order valence-electron chi connectivity index (χ3n) is 2.80. The standard InChI is InChI=1S/C14H10BrF3N2O/c1-8-2-3-10(14(16,17)18)7-11(8)20-13(21)9-4-5-19-12(15)6-9/h2-7H,1H3,(H,20,21). The number of aromatic nitrogens is 1. The Kier molecular flexibility index (Phi) is 4.32. The number of rotatable bonds is 2. The van der Waals surface area contributed by atoms with Crippen molar-refractivity contribution in [1.29, 1.82) is 0 Å². The number of carbonyl (C=O) groups excluding carboxylic acids is 1. The van der Waals surface area contributed by atoms with Crippen LogP contribution in [-0.2, 0) is 6.18 Å². The summed E-state index contributed by atoms with van der Waals surface area (Å²) in [6, 6.07) is 6.18. The predicted octanol–water partition coefficient (Wildman–Crippen LogP) is 4.42. The van der Waals surface area contributed by atoms with Crippen LogP contribution < -0.4 is 5.32 Å². The summed E-state index contributed by atoms with van der Waals surface area (Å²) in [5.74, 6) is -0.500. The van der Waals surface area contributed by atoms with Gasteiger partial charge in [0.1, 0.15) is 4.60 Å². The molecule has 0 saturated heterocycles. The molecule has 7 heteroatoms. The molecule has 0 fully saturated rings. The zero-order valence-corrected chi connectivity index (χ0v) is 12.4. The van der Waals surface area contributed by atoms with E-state index in [-0.39, 0.29) is 5.69 Å². The van der Waals surface area contributed by atoms with E-state index in [1.54, 1.807) is 6.92 Å². The van der Waals surface area contributed by atoms with Crippen LogP contribution >= 0.6 is 15.9 Å². The van der Waals surface area contributed by atoms with Crippen molar-refractivity contribution >= 4 is 27.5 Å². The van der Waals surface area contributed by atoms with Crippen LogP contribution in [0, 0.1) is 6.92 Å². The van der Waals surface area contributed by atoms with Crippen molar-refractivity contribution in [1.82, 2.24) is 4.98 Å². The summed E-state index contributed by atoms with van der Waals surface area (Å²) in [4.78, 5) is 15.9. The van der Waals surface area contributed by atoms with E-state index in [4.69, 9.17) is 0 Å². The Hall–Kier alpha value is -1.89. The highest BCUT2D eigenvalue weighted by Gasteiger charge is 2.30. The molecule has 0 radical (unpaired) electrons. The van der Waals surface area contributed by atoms with Gasteiger partial charge in [-0.05, 0) is 52.7 Å². The molecule has 110 valence electrons. The van der Waals surface area contributed by atoms with E-state index in [1.165, 1.54) is 24.4 Å². The Morgan fingerprint density at radius 1 is 1.24 bits per heavy atom. The van der Waals surface area contributed by atoms with Crippen LogP contribution in [0.3, 0.4) is 0 Å². The fourth-order valence-corrected chi connectivity index (χ4v) is 2.04. The van der Waals surface area contributed by atoms with Gasteiger partial charge in [-0.3, -0.25) is 4.79 Å². The topological polar surface area (TPSA) is 42.0 Å². The molecule has 0 aliphatic heterocycles. The minimum absolute atomic E-state index is 0.128. The number of aryl methyl sites for hydroxylation is 1. The molecule has 1 amide bonds. The molecule has 1 N–H and O–H groups in total. The van der Waals surface area contributed by atoms with E-state index in [9.17, 15) is 18.0 Å². The lowest BCUT2D eigenvalue weighted by molar-refractivity contribution is -0.137. The first-order chi connectivity index (χ1) is 9.77. The van der Waals surface area contributed by atoms with Gasteiger partial charge in [-0.1, -0.05) is 6.07 Å². The number of hydrogen-bond donors (Lipinski definition) is 1. The molecule has 21 heavy (non-hydrogen) atoms. The summed E-state index contributed by atoms with van der Waals surface area (Å²) in [5.41, 5.74) is 0.167. The molecule has 0 aliphatic carbocycles. The van der Waals surface area contributed by atoms with Gasteiger partial charge in [0.2, 0.25) is 0 Å². The molecule has 1 aromatic carbocycles. The SMILES string of the molecule is Cc1ccc(C(F)(F)F)cc1NC(=O)c1ccnc(Br)c1. The third-order valence-corrected chi connectivity index (χ3v) is 3.24. The highest BCUT2D eigenvalue weighted by Crippen LogP contribution is 2.32. The van der Waals surface area contributed by atoms with E-state index >= 15 is 0 Å². The fourth-order valence-electron chi connectivity index (χ4n) is 1.67. The zero-order chi connectivity index (χ0) is 15.6. The van der Waals surface area contributed by atoms with Crippen molar-refractivity contribution in [3.05, 3.63) is 57.8 Å².